The molecule has 0 spiro atoms. The Balaban J connectivity index is 2.04. The van der Waals surface area contributed by atoms with Gasteiger partial charge in [-0.1, -0.05) is 0 Å². The first-order valence-corrected chi connectivity index (χ1v) is 5.66. The van der Waals surface area contributed by atoms with E-state index in [0.717, 1.165) is 0 Å². The van der Waals surface area contributed by atoms with Gasteiger partial charge in [0.25, 0.3) is 0 Å². The number of carboxylic acids is 1. The Labute approximate surface area is 111 Å². The third-order valence-corrected chi connectivity index (χ3v) is 3.13. The zero-order valence-electron chi connectivity index (χ0n) is 9.95. The molecule has 106 valence electrons. The van der Waals surface area contributed by atoms with E-state index in [1.807, 2.05) is 0 Å². The molecule has 0 unspecified atom stereocenters. The van der Waals surface area contributed by atoms with Crippen LogP contribution in [0.2, 0.25) is 0 Å². The Morgan fingerprint density at radius 1 is 1.35 bits per heavy atom. The number of nitrogen functional groups attached to an aromatic ring is 1. The van der Waals surface area contributed by atoms with Crippen LogP contribution in [0.15, 0.2) is 12.7 Å². The van der Waals surface area contributed by atoms with E-state index in [1.165, 1.54) is 17.2 Å². The number of carboxylic acid groups (broad SMARTS) is 1. The second-order valence-corrected chi connectivity index (χ2v) is 4.33. The second-order valence-electron chi connectivity index (χ2n) is 4.33. The number of nitrogens with two attached hydrogens (primary N) is 1. The average molecular weight is 280 g/mol. The van der Waals surface area contributed by atoms with Gasteiger partial charge in [-0.15, -0.1) is 0 Å². The van der Waals surface area contributed by atoms with Gasteiger partial charge in [-0.3, -0.25) is 4.57 Å². The maximum atomic E-state index is 10.8. The first-order chi connectivity index (χ1) is 9.50. The van der Waals surface area contributed by atoms with Crippen molar-refractivity contribution in [1.29, 1.82) is 0 Å². The number of aliphatic hydroxyl groups excluding tert-OH is 2. The number of aliphatic carboxylic acids is 1. The van der Waals surface area contributed by atoms with Crippen molar-refractivity contribution in [3.63, 3.8) is 0 Å². The van der Waals surface area contributed by atoms with Crippen molar-refractivity contribution < 1.29 is 24.9 Å². The van der Waals surface area contributed by atoms with Crippen LogP contribution in [0.5, 0.6) is 0 Å². The SMILES string of the molecule is Nc1ncnc2c1ncn2[C@@H]1O[C@H](C(=O)[O-])[C@@H](O)[C@H]1O. The van der Waals surface area contributed by atoms with Crippen LogP contribution >= 0.6 is 0 Å². The van der Waals surface area contributed by atoms with Crippen LogP contribution in [-0.4, -0.2) is 54.0 Å². The number of anilines is 1. The van der Waals surface area contributed by atoms with Crippen molar-refractivity contribution in [2.24, 2.45) is 0 Å². The molecule has 1 fully saturated rings. The van der Waals surface area contributed by atoms with Gasteiger partial charge in [-0.2, -0.15) is 0 Å². The Hall–Kier alpha value is -2.30. The molecule has 10 nitrogen and oxygen atoms in total. The Kier molecular flexibility index (Phi) is 2.78. The molecule has 2 aromatic heterocycles. The maximum Gasteiger partial charge on any atom is 0.167 e. The molecule has 1 saturated heterocycles. The lowest BCUT2D eigenvalue weighted by atomic mass is 10.1. The molecule has 0 saturated carbocycles. The highest BCUT2D eigenvalue weighted by atomic mass is 16.6. The summed E-state index contributed by atoms with van der Waals surface area (Å²) < 4.78 is 6.38. The molecule has 0 aliphatic carbocycles. The second kappa shape index (κ2) is 4.37. The minimum Gasteiger partial charge on any atom is -0.547 e. The predicted octanol–water partition coefficient (Wildman–Crippen LogP) is -3.22. The molecule has 3 heterocycles. The number of carbonyl (C=O) groups excluding carboxylic acids is 1. The zero-order chi connectivity index (χ0) is 14.4. The lowest BCUT2D eigenvalue weighted by Gasteiger charge is -2.16. The van der Waals surface area contributed by atoms with Gasteiger partial charge >= 0.3 is 0 Å². The van der Waals surface area contributed by atoms with Gasteiger partial charge in [0.2, 0.25) is 0 Å². The summed E-state index contributed by atoms with van der Waals surface area (Å²) >= 11 is 0. The summed E-state index contributed by atoms with van der Waals surface area (Å²) in [6, 6.07) is 0. The van der Waals surface area contributed by atoms with Crippen LogP contribution in [-0.2, 0) is 9.53 Å². The summed E-state index contributed by atoms with van der Waals surface area (Å²) in [6.45, 7) is 0. The Bertz CT molecular complexity index is 673. The van der Waals surface area contributed by atoms with Gasteiger partial charge in [0.05, 0.1) is 12.3 Å². The number of aliphatic hydroxyl groups is 2. The van der Waals surface area contributed by atoms with Crippen molar-refractivity contribution in [2.45, 2.75) is 24.5 Å². The van der Waals surface area contributed by atoms with Gasteiger partial charge in [0.1, 0.15) is 30.2 Å². The summed E-state index contributed by atoms with van der Waals surface area (Å²) in [5, 5.41) is 30.3. The highest BCUT2D eigenvalue weighted by Gasteiger charge is 2.45. The fourth-order valence-electron chi connectivity index (χ4n) is 2.14. The van der Waals surface area contributed by atoms with Gasteiger partial charge < -0.3 is 30.6 Å². The normalized spacial score (nSPS) is 29.9. The highest BCUT2D eigenvalue weighted by Crippen LogP contribution is 2.31. The third-order valence-electron chi connectivity index (χ3n) is 3.13. The summed E-state index contributed by atoms with van der Waals surface area (Å²) in [5.41, 5.74) is 6.17. The molecule has 0 radical (unpaired) electrons. The van der Waals surface area contributed by atoms with Crippen LogP contribution in [0.3, 0.4) is 0 Å². The topological polar surface area (TPSA) is 159 Å². The van der Waals surface area contributed by atoms with E-state index in [-0.39, 0.29) is 17.0 Å². The quantitative estimate of drug-likeness (QED) is 0.514. The van der Waals surface area contributed by atoms with Crippen molar-refractivity contribution in [3.05, 3.63) is 12.7 Å². The Morgan fingerprint density at radius 2 is 2.10 bits per heavy atom. The summed E-state index contributed by atoms with van der Waals surface area (Å²) in [5.74, 6) is -1.48. The molecule has 0 aromatic carbocycles. The van der Waals surface area contributed by atoms with Crippen LogP contribution in [0, 0.1) is 0 Å². The molecule has 2 aromatic rings. The number of imidazole rings is 1. The van der Waals surface area contributed by atoms with E-state index in [2.05, 4.69) is 15.0 Å². The number of carbonyl (C=O) groups is 1. The van der Waals surface area contributed by atoms with E-state index >= 15 is 0 Å². The van der Waals surface area contributed by atoms with Crippen molar-refractivity contribution in [2.75, 3.05) is 5.73 Å². The number of hydrogen-bond acceptors (Lipinski definition) is 9. The van der Waals surface area contributed by atoms with Crippen molar-refractivity contribution in [3.8, 4) is 0 Å². The molecule has 1 aliphatic heterocycles. The number of fused-ring (bicyclic) bond motifs is 1. The molecular formula is C10H10N5O5-. The first-order valence-electron chi connectivity index (χ1n) is 5.66. The standard InChI is InChI=1S/C10H11N5O5/c11-7-3-8(13-1-12-7)15(2-14-3)9-5(17)4(16)6(20-9)10(18)19/h1-2,4-6,9,16-17H,(H,18,19)(H2,11,12,13)/p-1/t4-,5+,6-,9+/m0/s1. The number of hydrogen-bond donors (Lipinski definition) is 3. The van der Waals surface area contributed by atoms with Crippen LogP contribution < -0.4 is 10.8 Å². The molecular weight excluding hydrogens is 270 g/mol. The predicted molar refractivity (Wildman–Crippen MR) is 60.7 cm³/mol. The fraction of sp³-hybridized carbons (Fsp3) is 0.400. The maximum absolute atomic E-state index is 10.8. The van der Waals surface area contributed by atoms with E-state index in [0.29, 0.717) is 0 Å². The first kappa shape index (κ1) is 12.7. The highest BCUT2D eigenvalue weighted by molar-refractivity contribution is 5.81. The van der Waals surface area contributed by atoms with Gasteiger partial charge in [0.15, 0.2) is 17.7 Å². The largest absolute Gasteiger partial charge is 0.547 e. The van der Waals surface area contributed by atoms with Crippen LogP contribution in [0.1, 0.15) is 6.23 Å². The molecule has 10 heteroatoms. The summed E-state index contributed by atoms with van der Waals surface area (Å²) in [6.07, 6.45) is -3.40. The van der Waals surface area contributed by atoms with Gasteiger partial charge in [0, 0.05) is 0 Å². The lowest BCUT2D eigenvalue weighted by Crippen LogP contribution is -2.43. The van der Waals surface area contributed by atoms with Crippen molar-refractivity contribution >= 4 is 23.0 Å². The van der Waals surface area contributed by atoms with Gasteiger partial charge in [-0.05, 0) is 0 Å². The number of rotatable bonds is 2. The number of aromatic nitrogens is 4. The molecule has 3 rings (SSSR count). The third kappa shape index (κ3) is 1.70. The van der Waals surface area contributed by atoms with Gasteiger partial charge in [-0.25, -0.2) is 15.0 Å². The molecule has 0 bridgehead atoms. The van der Waals surface area contributed by atoms with E-state index in [4.69, 9.17) is 10.5 Å². The minimum absolute atomic E-state index is 0.137. The molecule has 0 amide bonds. The van der Waals surface area contributed by atoms with Crippen LogP contribution in [0.4, 0.5) is 5.82 Å². The lowest BCUT2D eigenvalue weighted by molar-refractivity contribution is -0.318. The molecule has 20 heavy (non-hydrogen) atoms. The van der Waals surface area contributed by atoms with Crippen LogP contribution in [0.25, 0.3) is 11.2 Å². The summed E-state index contributed by atoms with van der Waals surface area (Å²) in [7, 11) is 0. The Morgan fingerprint density at radius 3 is 2.75 bits per heavy atom. The minimum atomic E-state index is -1.63. The van der Waals surface area contributed by atoms with E-state index in [1.54, 1.807) is 0 Å². The monoisotopic (exact) mass is 280 g/mol. The molecule has 1 aliphatic rings. The van der Waals surface area contributed by atoms with E-state index < -0.39 is 30.5 Å². The molecule has 4 N–H and O–H groups in total. The zero-order valence-corrected chi connectivity index (χ0v) is 9.95. The summed E-state index contributed by atoms with van der Waals surface area (Å²) in [4.78, 5) is 22.5. The average Bonchev–Trinajstić information content (AvgIpc) is 2.94. The van der Waals surface area contributed by atoms with Crippen molar-refractivity contribution in [1.82, 2.24) is 19.5 Å². The number of nitrogens with zero attached hydrogens (tertiary/aromatic N) is 4. The molecule has 4 atom stereocenters. The smallest absolute Gasteiger partial charge is 0.167 e. The fourth-order valence-corrected chi connectivity index (χ4v) is 2.14. The number of ether oxygens (including phenoxy) is 1. The van der Waals surface area contributed by atoms with E-state index in [9.17, 15) is 20.1 Å².